The van der Waals surface area contributed by atoms with Gasteiger partial charge >= 0.3 is 0 Å². The summed E-state index contributed by atoms with van der Waals surface area (Å²) in [6.45, 7) is 5.94. The molecule has 2 aromatic rings. The Balaban J connectivity index is 2.26. The van der Waals surface area contributed by atoms with Crippen LogP contribution in [0, 0.1) is 0 Å². The highest BCUT2D eigenvalue weighted by atomic mass is 32.1. The molecular weight excluding hydrogens is 280 g/mol. The summed E-state index contributed by atoms with van der Waals surface area (Å²) in [6, 6.07) is 7.96. The first-order valence-corrected chi connectivity index (χ1v) is 8.57. The van der Waals surface area contributed by atoms with Crippen molar-refractivity contribution in [2.75, 3.05) is 18.8 Å². The average Bonchev–Trinajstić information content (AvgIpc) is 2.84. The number of carbonyl (C=O) groups is 1. The van der Waals surface area contributed by atoms with Crippen LogP contribution in [0.2, 0.25) is 0 Å². The van der Waals surface area contributed by atoms with Gasteiger partial charge in [-0.3, -0.25) is 4.79 Å². The lowest BCUT2D eigenvalue weighted by atomic mass is 10.2. The van der Waals surface area contributed by atoms with Gasteiger partial charge in [-0.25, -0.2) is 0 Å². The third-order valence-corrected chi connectivity index (χ3v) is 4.85. The van der Waals surface area contributed by atoms with Crippen LogP contribution in [-0.4, -0.2) is 23.9 Å². The molecule has 2 rings (SSSR count). The zero-order valence-electron chi connectivity index (χ0n) is 12.9. The molecule has 0 aliphatic rings. The van der Waals surface area contributed by atoms with Gasteiger partial charge in [0.2, 0.25) is 0 Å². The van der Waals surface area contributed by atoms with Gasteiger partial charge in [0, 0.05) is 23.2 Å². The Morgan fingerprint density at radius 2 is 1.76 bits per heavy atom. The van der Waals surface area contributed by atoms with Crippen molar-refractivity contribution in [1.82, 2.24) is 4.90 Å². The maximum Gasteiger partial charge on any atom is 0.266 e. The molecule has 0 unspecified atom stereocenters. The molecule has 1 amide bonds. The molecule has 0 bridgehead atoms. The maximum absolute atomic E-state index is 12.8. The Hall–Kier alpha value is -1.55. The van der Waals surface area contributed by atoms with Crippen LogP contribution in [0.25, 0.3) is 10.1 Å². The smallest absolute Gasteiger partial charge is 0.266 e. The van der Waals surface area contributed by atoms with Crippen LogP contribution in [0.5, 0.6) is 0 Å². The number of carbonyl (C=O) groups excluding carboxylic acids is 1. The largest absolute Gasteiger partial charge is 0.397 e. The van der Waals surface area contributed by atoms with Gasteiger partial charge in [0.15, 0.2) is 0 Å². The monoisotopic (exact) mass is 304 g/mol. The van der Waals surface area contributed by atoms with Crippen LogP contribution in [0.4, 0.5) is 5.69 Å². The van der Waals surface area contributed by atoms with E-state index in [1.54, 1.807) is 0 Å². The number of benzene rings is 1. The molecule has 1 aromatic carbocycles. The summed E-state index contributed by atoms with van der Waals surface area (Å²) < 4.78 is 1.09. The SMILES string of the molecule is CCCCN(CCCC)C(=O)c1sc2ccccc2c1N. The second kappa shape index (κ2) is 7.46. The number of fused-ring (bicyclic) bond motifs is 1. The number of hydrogen-bond donors (Lipinski definition) is 1. The van der Waals surface area contributed by atoms with Crippen LogP contribution in [0.1, 0.15) is 49.2 Å². The maximum atomic E-state index is 12.8. The van der Waals surface area contributed by atoms with E-state index in [2.05, 4.69) is 13.8 Å². The first-order valence-electron chi connectivity index (χ1n) is 7.75. The number of rotatable bonds is 7. The lowest BCUT2D eigenvalue weighted by Crippen LogP contribution is -2.32. The van der Waals surface area contributed by atoms with Crippen LogP contribution in [-0.2, 0) is 0 Å². The Morgan fingerprint density at radius 1 is 1.14 bits per heavy atom. The van der Waals surface area contributed by atoms with Gasteiger partial charge in [-0.15, -0.1) is 11.3 Å². The molecular formula is C17H24N2OS. The molecule has 1 aromatic heterocycles. The normalized spacial score (nSPS) is 11.0. The summed E-state index contributed by atoms with van der Waals surface area (Å²) in [5.41, 5.74) is 6.84. The molecule has 4 heteroatoms. The molecule has 0 aliphatic heterocycles. The van der Waals surface area contributed by atoms with Crippen LogP contribution in [0.3, 0.4) is 0 Å². The summed E-state index contributed by atoms with van der Waals surface area (Å²) in [6.07, 6.45) is 4.27. The van der Waals surface area contributed by atoms with Gasteiger partial charge in [-0.05, 0) is 18.9 Å². The average molecular weight is 304 g/mol. The van der Waals surface area contributed by atoms with Gasteiger partial charge in [-0.1, -0.05) is 44.9 Å². The zero-order chi connectivity index (χ0) is 15.2. The number of nitrogens with zero attached hydrogens (tertiary/aromatic N) is 1. The fraction of sp³-hybridized carbons (Fsp3) is 0.471. The van der Waals surface area contributed by atoms with Gasteiger partial charge < -0.3 is 10.6 Å². The van der Waals surface area contributed by atoms with Crippen molar-refractivity contribution in [3.63, 3.8) is 0 Å². The van der Waals surface area contributed by atoms with Gasteiger partial charge in [0.1, 0.15) is 4.88 Å². The van der Waals surface area contributed by atoms with E-state index in [-0.39, 0.29) is 5.91 Å². The van der Waals surface area contributed by atoms with Crippen LogP contribution < -0.4 is 5.73 Å². The molecule has 21 heavy (non-hydrogen) atoms. The molecule has 0 fully saturated rings. The minimum Gasteiger partial charge on any atom is -0.397 e. The fourth-order valence-electron chi connectivity index (χ4n) is 2.38. The molecule has 0 saturated carbocycles. The van der Waals surface area contributed by atoms with Gasteiger partial charge in [0.25, 0.3) is 5.91 Å². The van der Waals surface area contributed by atoms with E-state index in [0.29, 0.717) is 10.6 Å². The van der Waals surface area contributed by atoms with Crippen molar-refractivity contribution in [1.29, 1.82) is 0 Å². The predicted molar refractivity (Wildman–Crippen MR) is 92.0 cm³/mol. The first kappa shape index (κ1) is 15.8. The number of amides is 1. The van der Waals surface area contributed by atoms with Crippen molar-refractivity contribution in [2.45, 2.75) is 39.5 Å². The number of unbranched alkanes of at least 4 members (excludes halogenated alkanes) is 2. The Bertz CT molecular complexity index is 598. The first-order chi connectivity index (χ1) is 10.2. The van der Waals surface area contributed by atoms with Crippen LogP contribution >= 0.6 is 11.3 Å². The van der Waals surface area contributed by atoms with E-state index in [1.165, 1.54) is 11.3 Å². The minimum atomic E-state index is 0.0931. The highest BCUT2D eigenvalue weighted by Gasteiger charge is 2.21. The van der Waals surface area contributed by atoms with Crippen molar-refractivity contribution in [3.05, 3.63) is 29.1 Å². The lowest BCUT2D eigenvalue weighted by molar-refractivity contribution is 0.0757. The van der Waals surface area contributed by atoms with E-state index in [0.717, 1.165) is 48.9 Å². The standard InChI is InChI=1S/C17H24N2OS/c1-3-5-11-19(12-6-4-2)17(20)16-15(18)13-9-7-8-10-14(13)21-16/h7-10H,3-6,11-12,18H2,1-2H3. The molecule has 3 nitrogen and oxygen atoms in total. The summed E-state index contributed by atoms with van der Waals surface area (Å²) >= 11 is 1.51. The number of nitrogens with two attached hydrogens (primary N) is 1. The molecule has 0 saturated heterocycles. The fourth-order valence-corrected chi connectivity index (χ4v) is 3.47. The lowest BCUT2D eigenvalue weighted by Gasteiger charge is -2.22. The molecule has 1 heterocycles. The third kappa shape index (κ3) is 3.56. The van der Waals surface area contributed by atoms with Crippen LogP contribution in [0.15, 0.2) is 24.3 Å². The zero-order valence-corrected chi connectivity index (χ0v) is 13.7. The predicted octanol–water partition coefficient (Wildman–Crippen LogP) is 4.53. The Labute approximate surface area is 130 Å². The van der Waals surface area contributed by atoms with E-state index in [9.17, 15) is 4.79 Å². The number of nitrogen functional groups attached to an aromatic ring is 1. The molecule has 114 valence electrons. The molecule has 2 N–H and O–H groups in total. The topological polar surface area (TPSA) is 46.3 Å². The summed E-state index contributed by atoms with van der Waals surface area (Å²) in [5.74, 6) is 0.0931. The number of thiophene rings is 1. The van der Waals surface area contributed by atoms with E-state index in [4.69, 9.17) is 5.73 Å². The van der Waals surface area contributed by atoms with E-state index < -0.39 is 0 Å². The molecule has 0 atom stereocenters. The summed E-state index contributed by atoms with van der Waals surface area (Å²) in [7, 11) is 0. The van der Waals surface area contributed by atoms with Crippen molar-refractivity contribution in [3.8, 4) is 0 Å². The second-order valence-electron chi connectivity index (χ2n) is 5.34. The summed E-state index contributed by atoms with van der Waals surface area (Å²) in [5, 5.41) is 0.997. The molecule has 0 aliphatic carbocycles. The van der Waals surface area contributed by atoms with Crippen molar-refractivity contribution in [2.24, 2.45) is 0 Å². The molecule has 0 radical (unpaired) electrons. The molecule has 0 spiro atoms. The highest BCUT2D eigenvalue weighted by Crippen LogP contribution is 2.34. The summed E-state index contributed by atoms with van der Waals surface area (Å²) in [4.78, 5) is 15.5. The van der Waals surface area contributed by atoms with Crippen molar-refractivity contribution >= 4 is 33.0 Å². The Kier molecular flexibility index (Phi) is 5.62. The minimum absolute atomic E-state index is 0.0931. The van der Waals surface area contributed by atoms with E-state index in [1.807, 2.05) is 29.2 Å². The van der Waals surface area contributed by atoms with Gasteiger partial charge in [0.05, 0.1) is 5.69 Å². The Morgan fingerprint density at radius 3 is 2.33 bits per heavy atom. The van der Waals surface area contributed by atoms with Crippen molar-refractivity contribution < 1.29 is 4.79 Å². The highest BCUT2D eigenvalue weighted by molar-refractivity contribution is 7.21. The second-order valence-corrected chi connectivity index (χ2v) is 6.39. The quantitative estimate of drug-likeness (QED) is 0.817. The number of hydrogen-bond acceptors (Lipinski definition) is 3. The van der Waals surface area contributed by atoms with Gasteiger partial charge in [-0.2, -0.15) is 0 Å². The van der Waals surface area contributed by atoms with E-state index >= 15 is 0 Å². The number of anilines is 1. The third-order valence-electron chi connectivity index (χ3n) is 3.68.